The Bertz CT molecular complexity index is 667. The topological polar surface area (TPSA) is 78.5 Å². The van der Waals surface area contributed by atoms with E-state index in [-0.39, 0.29) is 36.6 Å². The van der Waals surface area contributed by atoms with E-state index in [1.165, 1.54) is 0 Å². The molecule has 0 bridgehead atoms. The molecule has 0 aliphatic carbocycles. The largest absolute Gasteiger partial charge is 0.359 e. The number of hydrogen-bond acceptors (Lipinski definition) is 3. The molecule has 1 aromatic rings. The number of amides is 3. The van der Waals surface area contributed by atoms with Crippen molar-refractivity contribution in [2.24, 2.45) is 5.92 Å². The van der Waals surface area contributed by atoms with Gasteiger partial charge in [-0.25, -0.2) is 0 Å². The smallest absolute Gasteiger partial charge is 0.253 e. The summed E-state index contributed by atoms with van der Waals surface area (Å²) in [7, 11) is 1.55. The summed E-state index contributed by atoms with van der Waals surface area (Å²) < 4.78 is 0. The highest BCUT2D eigenvalue weighted by Crippen LogP contribution is 2.25. The second-order valence-corrected chi connectivity index (χ2v) is 6.75. The van der Waals surface area contributed by atoms with E-state index < -0.39 is 0 Å². The van der Waals surface area contributed by atoms with Crippen LogP contribution in [0, 0.1) is 5.92 Å². The van der Waals surface area contributed by atoms with Crippen LogP contribution in [-0.2, 0) is 9.59 Å². The van der Waals surface area contributed by atoms with Gasteiger partial charge in [0.1, 0.15) is 0 Å². The highest BCUT2D eigenvalue weighted by atomic mass is 35.5. The first kappa shape index (κ1) is 19.5. The molecule has 8 heteroatoms. The highest BCUT2D eigenvalue weighted by molar-refractivity contribution is 6.42. The van der Waals surface area contributed by atoms with Gasteiger partial charge in [0.25, 0.3) is 5.91 Å². The van der Waals surface area contributed by atoms with Crippen molar-refractivity contribution in [3.8, 4) is 0 Å². The first-order valence-corrected chi connectivity index (χ1v) is 8.90. The van der Waals surface area contributed by atoms with Gasteiger partial charge in [0.05, 0.1) is 16.0 Å². The third-order valence-electron chi connectivity index (χ3n) is 4.18. The fraction of sp³-hybridized carbons (Fsp3) is 0.471. The lowest BCUT2D eigenvalue weighted by Gasteiger charge is -2.32. The molecule has 25 heavy (non-hydrogen) atoms. The summed E-state index contributed by atoms with van der Waals surface area (Å²) in [6.45, 7) is 1.24. The Labute approximate surface area is 156 Å². The van der Waals surface area contributed by atoms with Crippen LogP contribution >= 0.6 is 23.2 Å². The third-order valence-corrected chi connectivity index (χ3v) is 4.92. The molecule has 0 radical (unpaired) electrons. The molecule has 1 heterocycles. The van der Waals surface area contributed by atoms with Crippen LogP contribution in [0.2, 0.25) is 10.0 Å². The Morgan fingerprint density at radius 3 is 2.68 bits per heavy atom. The zero-order valence-corrected chi connectivity index (χ0v) is 15.5. The molecule has 0 spiro atoms. The average molecular weight is 386 g/mol. The molecule has 1 aliphatic heterocycles. The van der Waals surface area contributed by atoms with E-state index in [1.54, 1.807) is 30.1 Å². The maximum Gasteiger partial charge on any atom is 0.253 e. The molecule has 1 aliphatic rings. The van der Waals surface area contributed by atoms with Gasteiger partial charge in [-0.2, -0.15) is 0 Å². The lowest BCUT2D eigenvalue weighted by molar-refractivity contribution is -0.126. The molecule has 1 fully saturated rings. The first-order chi connectivity index (χ1) is 11.9. The Kier molecular flexibility index (Phi) is 7.08. The summed E-state index contributed by atoms with van der Waals surface area (Å²) in [5.41, 5.74) is 0.454. The predicted molar refractivity (Wildman–Crippen MR) is 96.8 cm³/mol. The standard InChI is InChI=1S/C17H21Cl2N3O3/c1-20-15(23)6-7-21-16(24)12-3-2-8-22(10-12)17(25)11-4-5-13(18)14(19)9-11/h4-5,9,12H,2-3,6-8,10H2,1H3,(H,20,23)(H,21,24)/t12-/m0/s1. The SMILES string of the molecule is CNC(=O)CCNC(=O)[C@H]1CCCN(C(=O)c2ccc(Cl)c(Cl)c2)C1. The van der Waals surface area contributed by atoms with Crippen molar-refractivity contribution in [3.05, 3.63) is 33.8 Å². The van der Waals surface area contributed by atoms with E-state index in [1.807, 2.05) is 0 Å². The normalized spacial score (nSPS) is 17.1. The van der Waals surface area contributed by atoms with Gasteiger partial charge >= 0.3 is 0 Å². The molecular weight excluding hydrogens is 365 g/mol. The van der Waals surface area contributed by atoms with Crippen LogP contribution in [0.3, 0.4) is 0 Å². The van der Waals surface area contributed by atoms with Crippen molar-refractivity contribution in [2.45, 2.75) is 19.3 Å². The van der Waals surface area contributed by atoms with Gasteiger partial charge in [0, 0.05) is 38.7 Å². The minimum absolute atomic E-state index is 0.125. The molecular formula is C17H21Cl2N3O3. The van der Waals surface area contributed by atoms with Crippen LogP contribution in [-0.4, -0.2) is 49.3 Å². The van der Waals surface area contributed by atoms with Crippen molar-refractivity contribution in [2.75, 3.05) is 26.7 Å². The number of halogens is 2. The molecule has 0 saturated carbocycles. The number of carbonyl (C=O) groups is 3. The fourth-order valence-electron chi connectivity index (χ4n) is 2.76. The maximum absolute atomic E-state index is 12.6. The summed E-state index contributed by atoms with van der Waals surface area (Å²) in [6, 6.07) is 4.76. The average Bonchev–Trinajstić information content (AvgIpc) is 2.63. The minimum atomic E-state index is -0.273. The number of benzene rings is 1. The Balaban J connectivity index is 1.93. The van der Waals surface area contributed by atoms with Crippen molar-refractivity contribution >= 4 is 40.9 Å². The van der Waals surface area contributed by atoms with Crippen LogP contribution < -0.4 is 10.6 Å². The van der Waals surface area contributed by atoms with Gasteiger partial charge in [0.15, 0.2) is 0 Å². The van der Waals surface area contributed by atoms with E-state index >= 15 is 0 Å². The maximum atomic E-state index is 12.6. The third kappa shape index (κ3) is 5.34. The first-order valence-electron chi connectivity index (χ1n) is 8.15. The van der Waals surface area contributed by atoms with Gasteiger partial charge in [-0.1, -0.05) is 23.2 Å². The Morgan fingerprint density at radius 2 is 2.00 bits per heavy atom. The molecule has 3 amide bonds. The molecule has 1 saturated heterocycles. The van der Waals surface area contributed by atoms with E-state index in [2.05, 4.69) is 10.6 Å². The summed E-state index contributed by atoms with van der Waals surface area (Å²) in [4.78, 5) is 37.7. The number of piperidine rings is 1. The van der Waals surface area contributed by atoms with Crippen molar-refractivity contribution in [1.82, 2.24) is 15.5 Å². The van der Waals surface area contributed by atoms with E-state index in [0.717, 1.165) is 12.8 Å². The van der Waals surface area contributed by atoms with Gasteiger partial charge in [0.2, 0.25) is 11.8 Å². The lowest BCUT2D eigenvalue weighted by atomic mass is 9.96. The zero-order chi connectivity index (χ0) is 18.4. The van der Waals surface area contributed by atoms with Crippen LogP contribution in [0.4, 0.5) is 0 Å². The van der Waals surface area contributed by atoms with E-state index in [9.17, 15) is 14.4 Å². The van der Waals surface area contributed by atoms with Crippen LogP contribution in [0.1, 0.15) is 29.6 Å². The number of nitrogens with one attached hydrogen (secondary N) is 2. The summed E-state index contributed by atoms with van der Waals surface area (Å²) in [5, 5.41) is 5.98. The monoisotopic (exact) mass is 385 g/mol. The van der Waals surface area contributed by atoms with Gasteiger partial charge in [-0.3, -0.25) is 14.4 Å². The van der Waals surface area contributed by atoms with Gasteiger partial charge < -0.3 is 15.5 Å². The molecule has 0 unspecified atom stereocenters. The number of rotatable bonds is 5. The molecule has 6 nitrogen and oxygen atoms in total. The van der Waals surface area contributed by atoms with Crippen molar-refractivity contribution in [3.63, 3.8) is 0 Å². The molecule has 2 rings (SSSR count). The molecule has 1 aromatic carbocycles. The van der Waals surface area contributed by atoms with E-state index in [0.29, 0.717) is 28.7 Å². The highest BCUT2D eigenvalue weighted by Gasteiger charge is 2.29. The second kappa shape index (κ2) is 9.06. The molecule has 1 atom stereocenters. The summed E-state index contributed by atoms with van der Waals surface area (Å²) in [6.07, 6.45) is 1.71. The minimum Gasteiger partial charge on any atom is -0.359 e. The molecule has 0 aromatic heterocycles. The van der Waals surface area contributed by atoms with Gasteiger partial charge in [-0.15, -0.1) is 0 Å². The van der Waals surface area contributed by atoms with E-state index in [4.69, 9.17) is 23.2 Å². The number of carbonyl (C=O) groups excluding carboxylic acids is 3. The van der Waals surface area contributed by atoms with Crippen LogP contribution in [0.25, 0.3) is 0 Å². The molecule has 136 valence electrons. The zero-order valence-electron chi connectivity index (χ0n) is 14.0. The van der Waals surface area contributed by atoms with Crippen LogP contribution in [0.15, 0.2) is 18.2 Å². The fourth-order valence-corrected chi connectivity index (χ4v) is 3.05. The predicted octanol–water partition coefficient (Wildman–Crippen LogP) is 2.10. The number of nitrogens with zero attached hydrogens (tertiary/aromatic N) is 1. The molecule has 2 N–H and O–H groups in total. The quantitative estimate of drug-likeness (QED) is 0.814. The van der Waals surface area contributed by atoms with Crippen molar-refractivity contribution < 1.29 is 14.4 Å². The Hall–Kier alpha value is -1.79. The number of likely N-dealkylation sites (tertiary alicyclic amines) is 1. The summed E-state index contributed by atoms with van der Waals surface area (Å²) in [5.74, 6) is -0.692. The van der Waals surface area contributed by atoms with Gasteiger partial charge in [-0.05, 0) is 31.0 Å². The number of hydrogen-bond donors (Lipinski definition) is 2. The summed E-state index contributed by atoms with van der Waals surface area (Å²) >= 11 is 11.9. The second-order valence-electron chi connectivity index (χ2n) is 5.93. The van der Waals surface area contributed by atoms with Crippen LogP contribution in [0.5, 0.6) is 0 Å². The lowest BCUT2D eigenvalue weighted by Crippen LogP contribution is -2.45. The Morgan fingerprint density at radius 1 is 1.24 bits per heavy atom. The van der Waals surface area contributed by atoms with Crippen molar-refractivity contribution in [1.29, 1.82) is 0 Å².